The fraction of sp³-hybridized carbons (Fsp3) is 0.208. The lowest BCUT2D eigenvalue weighted by Gasteiger charge is -2.28. The van der Waals surface area contributed by atoms with Gasteiger partial charge in [0, 0.05) is 78.8 Å². The SMILES string of the molecule is Cc1nc(-c2ccccc2)ncc1CN1CCc2nc(-c3cccnc3)ncc2C1. The van der Waals surface area contributed by atoms with Crippen LogP contribution in [0.4, 0.5) is 0 Å². The van der Waals surface area contributed by atoms with E-state index in [1.165, 1.54) is 5.56 Å². The van der Waals surface area contributed by atoms with E-state index in [0.29, 0.717) is 0 Å². The second-order valence-electron chi connectivity index (χ2n) is 7.54. The normalized spacial score (nSPS) is 13.8. The molecule has 4 aromatic rings. The van der Waals surface area contributed by atoms with Crippen molar-refractivity contribution in [1.29, 1.82) is 0 Å². The van der Waals surface area contributed by atoms with Gasteiger partial charge in [0.2, 0.25) is 0 Å². The van der Waals surface area contributed by atoms with E-state index in [0.717, 1.165) is 65.8 Å². The first-order valence-corrected chi connectivity index (χ1v) is 10.1. The predicted molar refractivity (Wildman–Crippen MR) is 115 cm³/mol. The first kappa shape index (κ1) is 18.5. The molecular weight excluding hydrogens is 372 g/mol. The molecule has 0 amide bonds. The van der Waals surface area contributed by atoms with Crippen LogP contribution < -0.4 is 0 Å². The molecule has 0 atom stereocenters. The first-order chi connectivity index (χ1) is 14.8. The van der Waals surface area contributed by atoms with Crippen LogP contribution in [0.25, 0.3) is 22.8 Å². The third-order valence-electron chi connectivity index (χ3n) is 5.44. The number of fused-ring (bicyclic) bond motifs is 1. The van der Waals surface area contributed by atoms with Gasteiger partial charge in [-0.15, -0.1) is 0 Å². The molecule has 0 N–H and O–H groups in total. The molecule has 1 aromatic carbocycles. The number of hydrogen-bond acceptors (Lipinski definition) is 6. The number of hydrogen-bond donors (Lipinski definition) is 0. The summed E-state index contributed by atoms with van der Waals surface area (Å²) < 4.78 is 0. The molecule has 0 aliphatic carbocycles. The van der Waals surface area contributed by atoms with Crippen LogP contribution in [0.1, 0.15) is 22.5 Å². The quantitative estimate of drug-likeness (QED) is 0.524. The summed E-state index contributed by atoms with van der Waals surface area (Å²) in [6.45, 7) is 4.67. The average Bonchev–Trinajstić information content (AvgIpc) is 2.81. The summed E-state index contributed by atoms with van der Waals surface area (Å²) in [7, 11) is 0. The highest BCUT2D eigenvalue weighted by Gasteiger charge is 2.20. The van der Waals surface area contributed by atoms with Crippen molar-refractivity contribution in [2.45, 2.75) is 26.4 Å². The second kappa shape index (κ2) is 8.08. The summed E-state index contributed by atoms with van der Waals surface area (Å²) in [4.78, 5) is 25.2. The summed E-state index contributed by atoms with van der Waals surface area (Å²) in [5.41, 5.74) is 6.50. The molecule has 4 heterocycles. The maximum absolute atomic E-state index is 4.79. The molecule has 6 heteroatoms. The Morgan fingerprint density at radius 2 is 1.67 bits per heavy atom. The molecule has 6 nitrogen and oxygen atoms in total. The first-order valence-electron chi connectivity index (χ1n) is 10.1. The van der Waals surface area contributed by atoms with Crippen molar-refractivity contribution in [2.75, 3.05) is 6.54 Å². The number of aryl methyl sites for hydroxylation is 1. The van der Waals surface area contributed by atoms with Crippen LogP contribution in [-0.4, -0.2) is 36.4 Å². The molecule has 0 radical (unpaired) electrons. The average molecular weight is 394 g/mol. The Kier molecular flexibility index (Phi) is 4.99. The molecular formula is C24H22N6. The Balaban J connectivity index is 1.31. The second-order valence-corrected chi connectivity index (χ2v) is 7.54. The fourth-order valence-corrected chi connectivity index (χ4v) is 3.76. The highest BCUT2D eigenvalue weighted by Crippen LogP contribution is 2.23. The van der Waals surface area contributed by atoms with Crippen LogP contribution in [0.15, 0.2) is 67.3 Å². The van der Waals surface area contributed by atoms with E-state index in [1.54, 1.807) is 12.4 Å². The van der Waals surface area contributed by atoms with Gasteiger partial charge in [0.25, 0.3) is 0 Å². The van der Waals surface area contributed by atoms with Gasteiger partial charge in [-0.1, -0.05) is 30.3 Å². The van der Waals surface area contributed by atoms with Crippen molar-refractivity contribution in [1.82, 2.24) is 29.8 Å². The van der Waals surface area contributed by atoms with Crippen molar-refractivity contribution in [3.8, 4) is 22.8 Å². The Morgan fingerprint density at radius 3 is 2.47 bits per heavy atom. The predicted octanol–water partition coefficient (Wildman–Crippen LogP) is 3.86. The number of benzene rings is 1. The molecule has 0 spiro atoms. The number of nitrogens with zero attached hydrogens (tertiary/aromatic N) is 6. The summed E-state index contributed by atoms with van der Waals surface area (Å²) in [5, 5.41) is 0. The van der Waals surface area contributed by atoms with Crippen molar-refractivity contribution >= 4 is 0 Å². The van der Waals surface area contributed by atoms with Crippen LogP contribution in [0.2, 0.25) is 0 Å². The Labute approximate surface area is 175 Å². The zero-order chi connectivity index (χ0) is 20.3. The molecule has 148 valence electrons. The molecule has 0 unspecified atom stereocenters. The van der Waals surface area contributed by atoms with Gasteiger partial charge in [0.1, 0.15) is 0 Å². The summed E-state index contributed by atoms with van der Waals surface area (Å²) in [6.07, 6.45) is 8.39. The summed E-state index contributed by atoms with van der Waals surface area (Å²) in [5.74, 6) is 1.52. The van der Waals surface area contributed by atoms with Gasteiger partial charge >= 0.3 is 0 Å². The molecule has 0 bridgehead atoms. The highest BCUT2D eigenvalue weighted by molar-refractivity contribution is 5.55. The number of pyridine rings is 1. The van der Waals surface area contributed by atoms with E-state index in [2.05, 4.69) is 26.8 Å². The van der Waals surface area contributed by atoms with Crippen molar-refractivity contribution in [3.63, 3.8) is 0 Å². The Hall–Kier alpha value is -3.51. The van der Waals surface area contributed by atoms with Crippen LogP contribution >= 0.6 is 0 Å². The van der Waals surface area contributed by atoms with E-state index in [4.69, 9.17) is 9.97 Å². The lowest BCUT2D eigenvalue weighted by molar-refractivity contribution is 0.242. The Morgan fingerprint density at radius 1 is 0.867 bits per heavy atom. The van der Waals surface area contributed by atoms with Crippen LogP contribution in [0.5, 0.6) is 0 Å². The van der Waals surface area contributed by atoms with Crippen LogP contribution in [0, 0.1) is 6.92 Å². The van der Waals surface area contributed by atoms with Crippen molar-refractivity contribution < 1.29 is 0 Å². The number of rotatable bonds is 4. The van der Waals surface area contributed by atoms with Crippen molar-refractivity contribution in [3.05, 3.63) is 89.8 Å². The zero-order valence-electron chi connectivity index (χ0n) is 16.9. The molecule has 0 saturated heterocycles. The topological polar surface area (TPSA) is 67.7 Å². The van der Waals surface area contributed by atoms with Gasteiger partial charge in [0.05, 0.1) is 5.69 Å². The smallest absolute Gasteiger partial charge is 0.160 e. The van der Waals surface area contributed by atoms with E-state index < -0.39 is 0 Å². The van der Waals surface area contributed by atoms with Gasteiger partial charge in [-0.05, 0) is 19.1 Å². The largest absolute Gasteiger partial charge is 0.294 e. The molecule has 5 rings (SSSR count). The third kappa shape index (κ3) is 3.82. The van der Waals surface area contributed by atoms with Gasteiger partial charge in [-0.25, -0.2) is 19.9 Å². The molecule has 1 aliphatic rings. The van der Waals surface area contributed by atoms with Gasteiger partial charge < -0.3 is 0 Å². The summed E-state index contributed by atoms with van der Waals surface area (Å²) >= 11 is 0. The lowest BCUT2D eigenvalue weighted by atomic mass is 10.1. The standard InChI is InChI=1S/C24H22N6/c1-17-20(13-26-23(28-17)18-6-3-2-4-7-18)15-30-11-9-22-21(16-30)14-27-24(29-22)19-8-5-10-25-12-19/h2-8,10,12-14H,9,11,15-16H2,1H3. The fourth-order valence-electron chi connectivity index (χ4n) is 3.76. The molecule has 30 heavy (non-hydrogen) atoms. The maximum Gasteiger partial charge on any atom is 0.160 e. The van der Waals surface area contributed by atoms with Gasteiger partial charge in [-0.2, -0.15) is 0 Å². The van der Waals surface area contributed by atoms with E-state index in [1.807, 2.05) is 54.9 Å². The van der Waals surface area contributed by atoms with Crippen molar-refractivity contribution in [2.24, 2.45) is 0 Å². The van der Waals surface area contributed by atoms with E-state index in [-0.39, 0.29) is 0 Å². The Bertz CT molecular complexity index is 1160. The third-order valence-corrected chi connectivity index (χ3v) is 5.44. The van der Waals surface area contributed by atoms with Gasteiger partial charge in [0.15, 0.2) is 11.6 Å². The molecule has 0 saturated carbocycles. The minimum absolute atomic E-state index is 0.746. The van der Waals surface area contributed by atoms with E-state index >= 15 is 0 Å². The summed E-state index contributed by atoms with van der Waals surface area (Å²) in [6, 6.07) is 14.0. The van der Waals surface area contributed by atoms with Crippen LogP contribution in [0.3, 0.4) is 0 Å². The lowest BCUT2D eigenvalue weighted by Crippen LogP contribution is -2.31. The highest BCUT2D eigenvalue weighted by atomic mass is 15.1. The maximum atomic E-state index is 4.79. The molecule has 0 fully saturated rings. The zero-order valence-corrected chi connectivity index (χ0v) is 16.9. The minimum atomic E-state index is 0.746. The monoisotopic (exact) mass is 394 g/mol. The van der Waals surface area contributed by atoms with E-state index in [9.17, 15) is 0 Å². The number of aromatic nitrogens is 5. The van der Waals surface area contributed by atoms with Gasteiger partial charge in [-0.3, -0.25) is 9.88 Å². The minimum Gasteiger partial charge on any atom is -0.294 e. The molecule has 3 aromatic heterocycles. The molecule has 1 aliphatic heterocycles. The van der Waals surface area contributed by atoms with Crippen LogP contribution in [-0.2, 0) is 19.5 Å².